The number of aliphatic hydroxyl groups is 1. The number of carbonyl (C=O) groups is 2. The van der Waals surface area contributed by atoms with Gasteiger partial charge in [-0.3, -0.25) is 19.5 Å². The van der Waals surface area contributed by atoms with Gasteiger partial charge in [-0.1, -0.05) is 17.7 Å². The van der Waals surface area contributed by atoms with E-state index in [1.807, 2.05) is 0 Å². The first-order chi connectivity index (χ1) is 15.8. The smallest absolute Gasteiger partial charge is 0.300 e. The fraction of sp³-hybridized carbons (Fsp3) is 0.125. The molecule has 0 spiro atoms. The number of benzene rings is 2. The highest BCUT2D eigenvalue weighted by Crippen LogP contribution is 2.43. The molecule has 1 atom stereocenters. The number of amides is 1. The van der Waals surface area contributed by atoms with Crippen LogP contribution in [0.5, 0.6) is 5.75 Å². The van der Waals surface area contributed by atoms with E-state index in [0.717, 1.165) is 23.1 Å². The average molecular weight is 471 g/mol. The van der Waals surface area contributed by atoms with E-state index in [-0.39, 0.29) is 27.6 Å². The van der Waals surface area contributed by atoms with Crippen molar-refractivity contribution in [1.29, 1.82) is 0 Å². The van der Waals surface area contributed by atoms with Crippen LogP contribution in [0.3, 0.4) is 0 Å². The lowest BCUT2D eigenvalue weighted by molar-refractivity contribution is -0.132. The van der Waals surface area contributed by atoms with Gasteiger partial charge in [0.25, 0.3) is 11.7 Å². The summed E-state index contributed by atoms with van der Waals surface area (Å²) in [5, 5.41) is 11.4. The zero-order chi connectivity index (χ0) is 23.7. The minimum Gasteiger partial charge on any atom is -0.507 e. The fourth-order valence-electron chi connectivity index (χ4n) is 3.64. The van der Waals surface area contributed by atoms with Gasteiger partial charge in [0.2, 0.25) is 0 Å². The summed E-state index contributed by atoms with van der Waals surface area (Å²) in [6, 6.07) is 10.4. The molecule has 1 aliphatic rings. The molecule has 1 fully saturated rings. The van der Waals surface area contributed by atoms with Gasteiger partial charge >= 0.3 is 0 Å². The van der Waals surface area contributed by atoms with E-state index < -0.39 is 40.8 Å². The summed E-state index contributed by atoms with van der Waals surface area (Å²) in [7, 11) is 0. The van der Waals surface area contributed by atoms with Gasteiger partial charge in [0.1, 0.15) is 29.2 Å². The van der Waals surface area contributed by atoms with E-state index in [9.17, 15) is 23.5 Å². The molecule has 2 heterocycles. The summed E-state index contributed by atoms with van der Waals surface area (Å²) in [5.74, 6) is -4.17. The number of anilines is 1. The maximum Gasteiger partial charge on any atom is 0.300 e. The number of halogens is 3. The Morgan fingerprint density at radius 2 is 1.94 bits per heavy atom. The summed E-state index contributed by atoms with van der Waals surface area (Å²) in [6.07, 6.45) is 1.42. The molecule has 3 aromatic rings. The summed E-state index contributed by atoms with van der Waals surface area (Å²) < 4.78 is 34.0. The lowest BCUT2D eigenvalue weighted by atomic mass is 9.98. The van der Waals surface area contributed by atoms with E-state index in [1.165, 1.54) is 30.5 Å². The molecule has 6 nitrogen and oxygen atoms in total. The Labute approximate surface area is 192 Å². The van der Waals surface area contributed by atoms with E-state index >= 15 is 0 Å². The van der Waals surface area contributed by atoms with Crippen molar-refractivity contribution in [2.24, 2.45) is 0 Å². The van der Waals surface area contributed by atoms with Gasteiger partial charge in [0.15, 0.2) is 0 Å². The first-order valence-electron chi connectivity index (χ1n) is 9.93. The van der Waals surface area contributed by atoms with Gasteiger partial charge in [-0.05, 0) is 49.4 Å². The lowest BCUT2D eigenvalue weighted by Crippen LogP contribution is -2.30. The van der Waals surface area contributed by atoms with Crippen LogP contribution in [0.1, 0.15) is 24.2 Å². The summed E-state index contributed by atoms with van der Waals surface area (Å²) in [4.78, 5) is 31.0. The Hall–Kier alpha value is -3.78. The molecule has 168 valence electrons. The van der Waals surface area contributed by atoms with Crippen LogP contribution in [-0.4, -0.2) is 28.4 Å². The van der Waals surface area contributed by atoms with Gasteiger partial charge in [0, 0.05) is 17.8 Å². The second-order valence-corrected chi connectivity index (χ2v) is 7.50. The Balaban J connectivity index is 1.95. The molecule has 1 amide bonds. The van der Waals surface area contributed by atoms with Gasteiger partial charge in [-0.2, -0.15) is 0 Å². The maximum atomic E-state index is 14.6. The van der Waals surface area contributed by atoms with Crippen molar-refractivity contribution in [1.82, 2.24) is 4.98 Å². The third-order valence-corrected chi connectivity index (χ3v) is 5.40. The molecule has 9 heteroatoms. The number of pyridine rings is 1. The van der Waals surface area contributed by atoms with Crippen molar-refractivity contribution in [3.8, 4) is 5.75 Å². The molecule has 0 saturated carbocycles. The van der Waals surface area contributed by atoms with Crippen LogP contribution in [0, 0.1) is 11.6 Å². The first-order valence-corrected chi connectivity index (χ1v) is 10.3. The van der Waals surface area contributed by atoms with E-state index in [4.69, 9.17) is 16.3 Å². The molecule has 1 N–H and O–H groups in total. The molecule has 0 bridgehead atoms. The Morgan fingerprint density at radius 3 is 2.64 bits per heavy atom. The minimum atomic E-state index is -1.30. The van der Waals surface area contributed by atoms with Crippen molar-refractivity contribution in [3.05, 3.63) is 94.3 Å². The van der Waals surface area contributed by atoms with Crippen molar-refractivity contribution >= 4 is 34.7 Å². The first kappa shape index (κ1) is 22.4. The average Bonchev–Trinajstić information content (AvgIpc) is 3.07. The Morgan fingerprint density at radius 1 is 1.15 bits per heavy atom. The Kier molecular flexibility index (Phi) is 6.11. The number of hydrogen-bond donors (Lipinski definition) is 1. The molecular weight excluding hydrogens is 454 g/mol. The number of rotatable bonds is 5. The second-order valence-electron chi connectivity index (χ2n) is 7.10. The molecule has 1 unspecified atom stereocenters. The van der Waals surface area contributed by atoms with Crippen LogP contribution in [0.2, 0.25) is 5.02 Å². The van der Waals surface area contributed by atoms with Crippen LogP contribution in [0.15, 0.2) is 66.4 Å². The molecule has 4 rings (SSSR count). The molecular formula is C24H17ClF2N2O4. The minimum absolute atomic E-state index is 0.154. The van der Waals surface area contributed by atoms with Crippen LogP contribution >= 0.6 is 11.6 Å². The van der Waals surface area contributed by atoms with E-state index in [2.05, 4.69) is 4.98 Å². The van der Waals surface area contributed by atoms with Crippen LogP contribution in [-0.2, 0) is 9.59 Å². The topological polar surface area (TPSA) is 79.7 Å². The number of nitrogens with zero attached hydrogens (tertiary/aromatic N) is 2. The number of ether oxygens (including phenoxy) is 1. The molecule has 1 aromatic heterocycles. The van der Waals surface area contributed by atoms with E-state index in [1.54, 1.807) is 19.1 Å². The maximum absolute atomic E-state index is 14.6. The molecule has 2 aromatic carbocycles. The number of ketones is 1. The van der Waals surface area contributed by atoms with Crippen molar-refractivity contribution < 1.29 is 28.2 Å². The third-order valence-electron chi connectivity index (χ3n) is 5.08. The predicted octanol–water partition coefficient (Wildman–Crippen LogP) is 5.04. The number of aromatic nitrogens is 1. The number of aliphatic hydroxyl groups excluding tert-OH is 1. The SMILES string of the molecule is CCOc1cc(/C(O)=C2\C(=O)C(=O)N(c3cc(F)ccc3F)C2c2ccccn2)ccc1Cl. The lowest BCUT2D eigenvalue weighted by Gasteiger charge is -2.25. The van der Waals surface area contributed by atoms with Crippen molar-refractivity contribution in [2.45, 2.75) is 13.0 Å². The highest BCUT2D eigenvalue weighted by molar-refractivity contribution is 6.51. The van der Waals surface area contributed by atoms with Crippen LogP contribution in [0.4, 0.5) is 14.5 Å². The quantitative estimate of drug-likeness (QED) is 0.321. The number of Topliss-reactive ketones (excluding diaryl/α,β-unsaturated/α-hetero) is 1. The van der Waals surface area contributed by atoms with Gasteiger partial charge in [-0.25, -0.2) is 8.78 Å². The number of carbonyl (C=O) groups excluding carboxylic acids is 2. The monoisotopic (exact) mass is 470 g/mol. The van der Waals surface area contributed by atoms with E-state index in [0.29, 0.717) is 6.61 Å². The zero-order valence-electron chi connectivity index (χ0n) is 17.3. The van der Waals surface area contributed by atoms with Crippen LogP contribution in [0.25, 0.3) is 5.76 Å². The molecule has 0 aliphatic carbocycles. The normalized spacial score (nSPS) is 17.5. The van der Waals surface area contributed by atoms with Gasteiger partial charge in [-0.15, -0.1) is 0 Å². The predicted molar refractivity (Wildman–Crippen MR) is 118 cm³/mol. The molecule has 0 radical (unpaired) electrons. The van der Waals surface area contributed by atoms with Crippen molar-refractivity contribution in [3.63, 3.8) is 0 Å². The van der Waals surface area contributed by atoms with Crippen LogP contribution < -0.4 is 9.64 Å². The summed E-state index contributed by atoms with van der Waals surface area (Å²) in [6.45, 7) is 2.06. The third kappa shape index (κ3) is 4.05. The highest BCUT2D eigenvalue weighted by Gasteiger charge is 2.48. The summed E-state index contributed by atoms with van der Waals surface area (Å²) in [5.41, 5.74) is -0.438. The fourth-order valence-corrected chi connectivity index (χ4v) is 3.81. The summed E-state index contributed by atoms with van der Waals surface area (Å²) >= 11 is 6.11. The number of hydrogen-bond acceptors (Lipinski definition) is 5. The molecule has 33 heavy (non-hydrogen) atoms. The molecule has 1 aliphatic heterocycles. The van der Waals surface area contributed by atoms with Gasteiger partial charge < -0.3 is 9.84 Å². The second kappa shape index (κ2) is 8.99. The van der Waals surface area contributed by atoms with Gasteiger partial charge in [0.05, 0.1) is 28.6 Å². The standard InChI is InChI=1S/C24H17ClF2N2O4/c1-2-33-19-11-13(6-8-15(19)25)22(30)20-21(17-5-3-4-10-28-17)29(24(32)23(20)31)18-12-14(26)7-9-16(18)27/h3-12,21,30H,2H2,1H3/b22-20+. The zero-order valence-corrected chi connectivity index (χ0v) is 18.0. The van der Waals surface area contributed by atoms with Crippen molar-refractivity contribution in [2.75, 3.05) is 11.5 Å². The largest absolute Gasteiger partial charge is 0.507 e. The molecule has 1 saturated heterocycles. The highest BCUT2D eigenvalue weighted by atomic mass is 35.5. The Bertz CT molecular complexity index is 1280.